The van der Waals surface area contributed by atoms with Gasteiger partial charge in [0.05, 0.1) is 17.6 Å². The van der Waals surface area contributed by atoms with Crippen LogP contribution in [0, 0.1) is 13.8 Å². The second-order valence-electron chi connectivity index (χ2n) is 8.36. The van der Waals surface area contributed by atoms with Gasteiger partial charge in [-0.3, -0.25) is 0 Å². The van der Waals surface area contributed by atoms with Gasteiger partial charge in [-0.05, 0) is 55.0 Å². The van der Waals surface area contributed by atoms with E-state index in [4.69, 9.17) is 14.5 Å². The number of hydrogen-bond acceptors (Lipinski definition) is 3. The summed E-state index contributed by atoms with van der Waals surface area (Å²) in [7, 11) is 0. The minimum absolute atomic E-state index is 0.417. The molecular weight excluding hydrogens is 408 g/mol. The van der Waals surface area contributed by atoms with Crippen molar-refractivity contribution in [3.05, 3.63) is 102 Å². The van der Waals surface area contributed by atoms with Gasteiger partial charge >= 0.3 is 0 Å². The van der Waals surface area contributed by atoms with Crippen molar-refractivity contribution in [1.82, 2.24) is 9.55 Å². The van der Waals surface area contributed by atoms with Crippen molar-refractivity contribution in [3.8, 4) is 11.5 Å². The number of aryl methyl sites for hydroxylation is 3. The molecule has 4 aromatic carbocycles. The number of rotatable bonds is 8. The lowest BCUT2D eigenvalue weighted by atomic mass is 10.1. The summed E-state index contributed by atoms with van der Waals surface area (Å²) in [6.07, 6.45) is 0.884. The van der Waals surface area contributed by atoms with Crippen LogP contribution in [0.3, 0.4) is 0 Å². The van der Waals surface area contributed by atoms with Crippen molar-refractivity contribution < 1.29 is 9.47 Å². The van der Waals surface area contributed by atoms with Gasteiger partial charge in [0, 0.05) is 11.9 Å². The van der Waals surface area contributed by atoms with Gasteiger partial charge in [0.25, 0.3) is 0 Å². The van der Waals surface area contributed by atoms with Crippen LogP contribution in [-0.4, -0.2) is 16.2 Å². The average Bonchev–Trinajstić information content (AvgIpc) is 3.19. The number of benzene rings is 4. The number of imidazole rings is 1. The first-order valence-electron chi connectivity index (χ1n) is 11.4. The number of nitrogens with zero attached hydrogens (tertiary/aromatic N) is 2. The van der Waals surface area contributed by atoms with E-state index in [1.165, 1.54) is 16.5 Å². The molecule has 5 rings (SSSR count). The zero-order valence-corrected chi connectivity index (χ0v) is 19.1. The molecule has 0 bridgehead atoms. The summed E-state index contributed by atoms with van der Waals surface area (Å²) >= 11 is 0. The highest BCUT2D eigenvalue weighted by Crippen LogP contribution is 2.27. The zero-order valence-electron chi connectivity index (χ0n) is 19.1. The minimum atomic E-state index is 0.417. The molecule has 0 saturated carbocycles. The first-order valence-corrected chi connectivity index (χ1v) is 11.4. The lowest BCUT2D eigenvalue weighted by molar-refractivity contribution is 0.281. The Bertz CT molecular complexity index is 1380. The Morgan fingerprint density at radius 2 is 1.48 bits per heavy atom. The summed E-state index contributed by atoms with van der Waals surface area (Å²) in [5, 5.41) is 2.29. The largest absolute Gasteiger partial charge is 0.493 e. The maximum atomic E-state index is 6.27. The summed E-state index contributed by atoms with van der Waals surface area (Å²) in [5.74, 6) is 2.80. The van der Waals surface area contributed by atoms with Crippen LogP contribution >= 0.6 is 0 Å². The Labute approximate surface area is 194 Å². The first-order chi connectivity index (χ1) is 16.2. The SMILES string of the molecule is Cc1cccc(C)c1OCCCn1c(COc2cccc3ccccc23)nc2ccccc21. The number of para-hydroxylation sites is 3. The Kier molecular flexibility index (Phi) is 5.99. The molecule has 0 aliphatic heterocycles. The summed E-state index contributed by atoms with van der Waals surface area (Å²) < 4.78 is 14.7. The number of fused-ring (bicyclic) bond motifs is 2. The van der Waals surface area contributed by atoms with Crippen molar-refractivity contribution in [2.24, 2.45) is 0 Å². The lowest BCUT2D eigenvalue weighted by Crippen LogP contribution is -2.10. The molecule has 1 aromatic heterocycles. The highest BCUT2D eigenvalue weighted by atomic mass is 16.5. The summed E-state index contributed by atoms with van der Waals surface area (Å²) in [4.78, 5) is 4.87. The molecule has 0 spiro atoms. The topological polar surface area (TPSA) is 36.3 Å². The second-order valence-corrected chi connectivity index (χ2v) is 8.36. The molecule has 1 heterocycles. The molecule has 0 N–H and O–H groups in total. The fourth-order valence-corrected chi connectivity index (χ4v) is 4.37. The highest BCUT2D eigenvalue weighted by Gasteiger charge is 2.12. The van der Waals surface area contributed by atoms with Crippen LogP contribution in [0.2, 0.25) is 0 Å². The molecule has 0 fully saturated rings. The number of hydrogen-bond donors (Lipinski definition) is 0. The van der Waals surface area contributed by atoms with Crippen molar-refractivity contribution in [1.29, 1.82) is 0 Å². The van der Waals surface area contributed by atoms with Gasteiger partial charge < -0.3 is 14.0 Å². The van der Waals surface area contributed by atoms with Crippen molar-refractivity contribution in [2.45, 2.75) is 33.4 Å². The van der Waals surface area contributed by atoms with Gasteiger partial charge in [-0.15, -0.1) is 0 Å². The van der Waals surface area contributed by atoms with Crippen molar-refractivity contribution in [3.63, 3.8) is 0 Å². The smallest absolute Gasteiger partial charge is 0.148 e. The van der Waals surface area contributed by atoms with E-state index < -0.39 is 0 Å². The third-order valence-electron chi connectivity index (χ3n) is 6.02. The van der Waals surface area contributed by atoms with Gasteiger partial charge in [-0.1, -0.05) is 66.7 Å². The van der Waals surface area contributed by atoms with Crippen LogP contribution in [0.4, 0.5) is 0 Å². The Morgan fingerprint density at radius 3 is 2.36 bits per heavy atom. The molecule has 0 aliphatic rings. The molecular formula is C29H28N2O2. The lowest BCUT2D eigenvalue weighted by Gasteiger charge is -2.14. The quantitative estimate of drug-likeness (QED) is 0.249. The van der Waals surface area contributed by atoms with Gasteiger partial charge in [0.2, 0.25) is 0 Å². The zero-order chi connectivity index (χ0) is 22.6. The van der Waals surface area contributed by atoms with Gasteiger partial charge in [-0.2, -0.15) is 0 Å². The fourth-order valence-electron chi connectivity index (χ4n) is 4.37. The Hall–Kier alpha value is -3.79. The molecule has 4 heteroatoms. The van der Waals surface area contributed by atoms with Crippen LogP contribution in [0.1, 0.15) is 23.4 Å². The Balaban J connectivity index is 1.33. The summed E-state index contributed by atoms with van der Waals surface area (Å²) in [6.45, 7) is 6.07. The van der Waals surface area contributed by atoms with Crippen LogP contribution in [0.15, 0.2) is 84.9 Å². The Morgan fingerprint density at radius 1 is 0.758 bits per heavy atom. The van der Waals surface area contributed by atoms with Crippen LogP contribution in [0.25, 0.3) is 21.8 Å². The van der Waals surface area contributed by atoms with Gasteiger partial charge in [-0.25, -0.2) is 4.98 Å². The van der Waals surface area contributed by atoms with E-state index in [2.05, 4.69) is 73.0 Å². The van der Waals surface area contributed by atoms with Crippen LogP contribution < -0.4 is 9.47 Å². The predicted octanol–water partition coefficient (Wildman–Crippen LogP) is 6.85. The van der Waals surface area contributed by atoms with Gasteiger partial charge in [0.15, 0.2) is 0 Å². The summed E-state index contributed by atoms with van der Waals surface area (Å²) in [6, 6.07) is 29.0. The third-order valence-corrected chi connectivity index (χ3v) is 6.02. The highest BCUT2D eigenvalue weighted by molar-refractivity contribution is 5.88. The number of aromatic nitrogens is 2. The van der Waals surface area contributed by atoms with E-state index in [1.807, 2.05) is 30.3 Å². The molecule has 166 valence electrons. The molecule has 4 nitrogen and oxygen atoms in total. The van der Waals surface area contributed by atoms with E-state index >= 15 is 0 Å². The van der Waals surface area contributed by atoms with Crippen molar-refractivity contribution >= 4 is 21.8 Å². The molecule has 0 unspecified atom stereocenters. The van der Waals surface area contributed by atoms with Crippen molar-refractivity contribution in [2.75, 3.05) is 6.61 Å². The molecule has 0 saturated heterocycles. The molecule has 0 amide bonds. The monoisotopic (exact) mass is 436 g/mol. The third kappa shape index (κ3) is 4.42. The minimum Gasteiger partial charge on any atom is -0.493 e. The standard InChI is InChI=1S/C29H28N2O2/c1-21-10-7-11-22(2)29(21)32-19-9-18-31-26-16-6-5-15-25(26)30-28(31)20-33-27-17-8-13-23-12-3-4-14-24(23)27/h3-8,10-17H,9,18-20H2,1-2H3. The molecule has 0 aliphatic carbocycles. The fraction of sp³-hybridized carbons (Fsp3) is 0.207. The second kappa shape index (κ2) is 9.37. The van der Waals surface area contributed by atoms with E-state index in [0.717, 1.165) is 46.7 Å². The summed E-state index contributed by atoms with van der Waals surface area (Å²) in [5.41, 5.74) is 4.46. The molecule has 0 radical (unpaired) electrons. The van der Waals surface area contributed by atoms with E-state index in [0.29, 0.717) is 13.2 Å². The average molecular weight is 437 g/mol. The van der Waals surface area contributed by atoms with Gasteiger partial charge in [0.1, 0.15) is 23.9 Å². The van der Waals surface area contributed by atoms with Crippen LogP contribution in [-0.2, 0) is 13.2 Å². The van der Waals surface area contributed by atoms with E-state index in [9.17, 15) is 0 Å². The molecule has 33 heavy (non-hydrogen) atoms. The predicted molar refractivity (Wildman–Crippen MR) is 134 cm³/mol. The normalized spacial score (nSPS) is 11.2. The van der Waals surface area contributed by atoms with E-state index in [-0.39, 0.29) is 0 Å². The number of ether oxygens (including phenoxy) is 2. The molecule has 5 aromatic rings. The maximum Gasteiger partial charge on any atom is 0.148 e. The maximum absolute atomic E-state index is 6.27. The molecule has 0 atom stereocenters. The van der Waals surface area contributed by atoms with Crippen LogP contribution in [0.5, 0.6) is 11.5 Å². The first kappa shape index (κ1) is 21.1. The van der Waals surface area contributed by atoms with E-state index in [1.54, 1.807) is 0 Å².